The van der Waals surface area contributed by atoms with E-state index in [1.54, 1.807) is 0 Å². The van der Waals surface area contributed by atoms with E-state index in [1.807, 2.05) is 40.8 Å². The molecule has 0 atom stereocenters. The predicted octanol–water partition coefficient (Wildman–Crippen LogP) is 2.51. The average Bonchev–Trinajstić information content (AvgIpc) is 2.97. The Balaban J connectivity index is 1.74. The molecule has 0 saturated carbocycles. The van der Waals surface area contributed by atoms with E-state index in [1.165, 1.54) is 10.6 Å². The van der Waals surface area contributed by atoms with Gasteiger partial charge in [-0.05, 0) is 39.2 Å². The van der Waals surface area contributed by atoms with Gasteiger partial charge in [-0.1, -0.05) is 12.1 Å². The van der Waals surface area contributed by atoms with E-state index in [4.69, 9.17) is 9.31 Å². The molecule has 7 heteroatoms. The number of nitrogens with zero attached hydrogens (tertiary/aromatic N) is 2. The minimum atomic E-state index is -0.860. The molecule has 1 fully saturated rings. The van der Waals surface area contributed by atoms with Gasteiger partial charge in [-0.25, -0.2) is 4.79 Å². The fourth-order valence-corrected chi connectivity index (χ4v) is 3.88. The minimum absolute atomic E-state index is 0.373. The standard InChI is InChI=1S/C19H25BN2O4/c1-18(2)19(3,4)26-20(25-18)12-6-7-13-14-11-22(17(23)24)9-8-15(14)21(5)16(13)10-12/h6-7,10H,8-9,11H2,1-5H3,(H,23,24). The van der Waals surface area contributed by atoms with Crippen LogP contribution in [0.25, 0.3) is 10.9 Å². The molecule has 2 aliphatic rings. The third-order valence-electron chi connectivity index (χ3n) is 6.22. The Kier molecular flexibility index (Phi) is 3.69. The Morgan fingerprint density at radius 1 is 1.19 bits per heavy atom. The highest BCUT2D eigenvalue weighted by Crippen LogP contribution is 2.37. The van der Waals surface area contributed by atoms with Crippen molar-refractivity contribution in [1.29, 1.82) is 0 Å². The van der Waals surface area contributed by atoms with Crippen LogP contribution in [0, 0.1) is 0 Å². The molecule has 0 spiro atoms. The molecule has 2 aromatic rings. The summed E-state index contributed by atoms with van der Waals surface area (Å²) in [5.41, 5.74) is 3.66. The van der Waals surface area contributed by atoms with E-state index >= 15 is 0 Å². The van der Waals surface area contributed by atoms with Crippen LogP contribution in [0.1, 0.15) is 39.0 Å². The molecule has 1 N–H and O–H groups in total. The summed E-state index contributed by atoms with van der Waals surface area (Å²) >= 11 is 0. The van der Waals surface area contributed by atoms with Gasteiger partial charge in [-0.2, -0.15) is 0 Å². The van der Waals surface area contributed by atoms with Crippen LogP contribution in [0.5, 0.6) is 0 Å². The van der Waals surface area contributed by atoms with Gasteiger partial charge in [0, 0.05) is 42.2 Å². The van der Waals surface area contributed by atoms with Gasteiger partial charge in [0.15, 0.2) is 0 Å². The second-order valence-electron chi connectivity index (χ2n) is 8.30. The second-order valence-corrected chi connectivity index (χ2v) is 8.30. The van der Waals surface area contributed by atoms with Crippen LogP contribution >= 0.6 is 0 Å². The molecule has 1 aromatic heterocycles. The number of aryl methyl sites for hydroxylation is 1. The molecule has 1 aromatic carbocycles. The van der Waals surface area contributed by atoms with Gasteiger partial charge in [-0.3, -0.25) is 0 Å². The second kappa shape index (κ2) is 5.50. The molecule has 3 heterocycles. The summed E-state index contributed by atoms with van der Waals surface area (Å²) in [5, 5.41) is 10.4. The molecule has 1 amide bonds. The lowest BCUT2D eigenvalue weighted by molar-refractivity contribution is 0.00578. The molecule has 138 valence electrons. The Morgan fingerprint density at radius 3 is 2.46 bits per heavy atom. The number of fused-ring (bicyclic) bond motifs is 3. The predicted molar refractivity (Wildman–Crippen MR) is 101 cm³/mol. The lowest BCUT2D eigenvalue weighted by atomic mass is 9.78. The molecule has 0 aliphatic carbocycles. The lowest BCUT2D eigenvalue weighted by Crippen LogP contribution is -2.41. The lowest BCUT2D eigenvalue weighted by Gasteiger charge is -2.32. The molecule has 6 nitrogen and oxygen atoms in total. The highest BCUT2D eigenvalue weighted by Gasteiger charge is 2.51. The molecule has 26 heavy (non-hydrogen) atoms. The summed E-state index contributed by atoms with van der Waals surface area (Å²) in [6.07, 6.45) is -0.125. The van der Waals surface area contributed by atoms with Crippen molar-refractivity contribution in [1.82, 2.24) is 9.47 Å². The van der Waals surface area contributed by atoms with Crippen molar-refractivity contribution in [3.05, 3.63) is 29.5 Å². The maximum atomic E-state index is 11.3. The monoisotopic (exact) mass is 356 g/mol. The zero-order chi connectivity index (χ0) is 18.9. The van der Waals surface area contributed by atoms with Crippen molar-refractivity contribution in [3.63, 3.8) is 0 Å². The highest BCUT2D eigenvalue weighted by atomic mass is 16.7. The number of carbonyl (C=O) groups is 1. The number of aromatic nitrogens is 1. The number of hydrogen-bond donors (Lipinski definition) is 1. The first-order valence-electron chi connectivity index (χ1n) is 9.04. The van der Waals surface area contributed by atoms with Crippen LogP contribution in [-0.2, 0) is 29.3 Å². The first-order chi connectivity index (χ1) is 12.1. The molecular formula is C19H25BN2O4. The van der Waals surface area contributed by atoms with Crippen LogP contribution in [0.3, 0.4) is 0 Å². The quantitative estimate of drug-likeness (QED) is 0.798. The Morgan fingerprint density at radius 2 is 1.85 bits per heavy atom. The van der Waals surface area contributed by atoms with Crippen LogP contribution in [-0.4, -0.2) is 45.5 Å². The summed E-state index contributed by atoms with van der Waals surface area (Å²) in [7, 11) is 1.65. The molecule has 0 unspecified atom stereocenters. The van der Waals surface area contributed by atoms with Gasteiger partial charge in [0.05, 0.1) is 17.7 Å². The summed E-state index contributed by atoms with van der Waals surface area (Å²) in [4.78, 5) is 12.8. The average molecular weight is 356 g/mol. The fourth-order valence-electron chi connectivity index (χ4n) is 3.88. The van der Waals surface area contributed by atoms with Crippen LogP contribution in [0.15, 0.2) is 18.2 Å². The van der Waals surface area contributed by atoms with Crippen LogP contribution in [0.4, 0.5) is 4.79 Å². The number of carboxylic acid groups (broad SMARTS) is 1. The van der Waals surface area contributed by atoms with Crippen molar-refractivity contribution in [2.75, 3.05) is 6.54 Å². The van der Waals surface area contributed by atoms with E-state index in [9.17, 15) is 9.90 Å². The van der Waals surface area contributed by atoms with Gasteiger partial charge in [-0.15, -0.1) is 0 Å². The van der Waals surface area contributed by atoms with Crippen molar-refractivity contribution in [3.8, 4) is 0 Å². The van der Waals surface area contributed by atoms with E-state index < -0.39 is 13.2 Å². The first kappa shape index (κ1) is 17.4. The van der Waals surface area contributed by atoms with Gasteiger partial charge in [0.2, 0.25) is 0 Å². The smallest absolute Gasteiger partial charge is 0.465 e. The number of hydrogen-bond acceptors (Lipinski definition) is 3. The van der Waals surface area contributed by atoms with Crippen molar-refractivity contribution < 1.29 is 19.2 Å². The number of amides is 1. The molecular weight excluding hydrogens is 331 g/mol. The van der Waals surface area contributed by atoms with Gasteiger partial charge in [0.25, 0.3) is 0 Å². The fraction of sp³-hybridized carbons (Fsp3) is 0.526. The normalized spacial score (nSPS) is 21.3. The number of rotatable bonds is 1. The van der Waals surface area contributed by atoms with E-state index in [2.05, 4.69) is 16.7 Å². The Labute approximate surface area is 153 Å². The van der Waals surface area contributed by atoms with Crippen molar-refractivity contribution in [2.24, 2.45) is 7.05 Å². The zero-order valence-electron chi connectivity index (χ0n) is 16.0. The van der Waals surface area contributed by atoms with Crippen molar-refractivity contribution >= 4 is 29.6 Å². The van der Waals surface area contributed by atoms with Gasteiger partial charge < -0.3 is 23.9 Å². The first-order valence-corrected chi connectivity index (χ1v) is 9.04. The summed E-state index contributed by atoms with van der Waals surface area (Å²) in [6, 6.07) is 6.21. The molecule has 4 rings (SSSR count). The van der Waals surface area contributed by atoms with E-state index in [-0.39, 0.29) is 11.2 Å². The van der Waals surface area contributed by atoms with Crippen LogP contribution in [0.2, 0.25) is 0 Å². The summed E-state index contributed by atoms with van der Waals surface area (Å²) < 4.78 is 14.5. The SMILES string of the molecule is Cn1c2c(c3ccc(B4OC(C)(C)C(C)(C)O4)cc31)CN(C(=O)O)CC2. The minimum Gasteiger partial charge on any atom is -0.465 e. The molecule has 2 aliphatic heterocycles. The topological polar surface area (TPSA) is 63.9 Å². The third-order valence-corrected chi connectivity index (χ3v) is 6.22. The van der Waals surface area contributed by atoms with Gasteiger partial charge in [0.1, 0.15) is 0 Å². The maximum Gasteiger partial charge on any atom is 0.494 e. The van der Waals surface area contributed by atoms with Gasteiger partial charge >= 0.3 is 13.2 Å². The summed E-state index contributed by atoms with van der Waals surface area (Å²) in [6.45, 7) is 9.18. The van der Waals surface area contributed by atoms with Crippen molar-refractivity contribution in [2.45, 2.75) is 51.9 Å². The zero-order valence-corrected chi connectivity index (χ0v) is 16.0. The van der Waals surface area contributed by atoms with E-state index in [0.29, 0.717) is 13.1 Å². The Hall–Kier alpha value is -1.99. The highest BCUT2D eigenvalue weighted by molar-refractivity contribution is 6.62. The molecule has 0 radical (unpaired) electrons. The molecule has 0 bridgehead atoms. The largest absolute Gasteiger partial charge is 0.494 e. The third kappa shape index (κ3) is 2.45. The number of benzene rings is 1. The van der Waals surface area contributed by atoms with E-state index in [0.717, 1.165) is 28.4 Å². The maximum absolute atomic E-state index is 11.3. The molecule has 1 saturated heterocycles. The van der Waals surface area contributed by atoms with Crippen LogP contribution < -0.4 is 5.46 Å². The summed E-state index contributed by atoms with van der Waals surface area (Å²) in [5.74, 6) is 0. The Bertz CT molecular complexity index is 887.